The summed E-state index contributed by atoms with van der Waals surface area (Å²) in [5.41, 5.74) is 3.88. The number of aromatic nitrogens is 3. The van der Waals surface area contributed by atoms with Crippen molar-refractivity contribution in [2.45, 2.75) is 39.7 Å². The lowest BCUT2D eigenvalue weighted by molar-refractivity contribution is -0.125. The number of nitrogens with one attached hydrogen (secondary N) is 1. The zero-order valence-corrected chi connectivity index (χ0v) is 16.5. The zero-order chi connectivity index (χ0) is 19.5. The number of piperidine rings is 1. The van der Waals surface area contributed by atoms with Gasteiger partial charge in [-0.2, -0.15) is 10.1 Å². The van der Waals surface area contributed by atoms with Crippen molar-refractivity contribution in [3.8, 4) is 0 Å². The number of aryl methyl sites for hydroxylation is 3. The van der Waals surface area contributed by atoms with Gasteiger partial charge in [0.15, 0.2) is 5.58 Å². The highest BCUT2D eigenvalue weighted by Crippen LogP contribution is 2.26. The first kappa shape index (κ1) is 18.5. The number of fused-ring (bicyclic) bond motifs is 1. The minimum Gasteiger partial charge on any atom is -0.423 e. The number of rotatable bonds is 6. The molecule has 1 aliphatic heterocycles. The Kier molecular flexibility index (Phi) is 5.32. The molecule has 2 aromatic heterocycles. The minimum absolute atomic E-state index is 0.0642. The lowest BCUT2D eigenvalue weighted by Gasteiger charge is -2.30. The van der Waals surface area contributed by atoms with Crippen molar-refractivity contribution < 1.29 is 9.21 Å². The van der Waals surface area contributed by atoms with Gasteiger partial charge in [-0.3, -0.25) is 9.48 Å². The minimum atomic E-state index is 0.0642. The summed E-state index contributed by atoms with van der Waals surface area (Å²) in [7, 11) is 0. The predicted molar refractivity (Wildman–Crippen MR) is 108 cm³/mol. The van der Waals surface area contributed by atoms with Crippen molar-refractivity contribution in [1.82, 2.24) is 20.1 Å². The Balaban J connectivity index is 1.22. The second kappa shape index (κ2) is 8.04. The average molecular weight is 381 g/mol. The number of amides is 1. The summed E-state index contributed by atoms with van der Waals surface area (Å²) in [6.45, 7) is 7.15. The van der Waals surface area contributed by atoms with Crippen molar-refractivity contribution >= 4 is 23.0 Å². The topological polar surface area (TPSA) is 76.2 Å². The van der Waals surface area contributed by atoms with Gasteiger partial charge in [0, 0.05) is 37.8 Å². The number of oxazole rings is 1. The predicted octanol–water partition coefficient (Wildman–Crippen LogP) is 3.06. The van der Waals surface area contributed by atoms with E-state index in [4.69, 9.17) is 4.42 Å². The van der Waals surface area contributed by atoms with Crippen molar-refractivity contribution in [3.05, 3.63) is 41.7 Å². The number of para-hydroxylation sites is 2. The second-order valence-corrected chi connectivity index (χ2v) is 7.52. The summed E-state index contributed by atoms with van der Waals surface area (Å²) in [6, 6.07) is 10.5. The van der Waals surface area contributed by atoms with Crippen molar-refractivity contribution in [1.29, 1.82) is 0 Å². The smallest absolute Gasteiger partial charge is 0.298 e. The first-order chi connectivity index (χ1) is 13.6. The second-order valence-electron chi connectivity index (χ2n) is 7.52. The van der Waals surface area contributed by atoms with E-state index in [1.165, 1.54) is 0 Å². The average Bonchev–Trinajstić information content (AvgIpc) is 3.27. The van der Waals surface area contributed by atoms with Gasteiger partial charge in [-0.15, -0.1) is 0 Å². The highest BCUT2D eigenvalue weighted by molar-refractivity contribution is 5.79. The molecule has 1 amide bonds. The fourth-order valence-electron chi connectivity index (χ4n) is 3.81. The summed E-state index contributed by atoms with van der Waals surface area (Å²) < 4.78 is 7.84. The standard InChI is InChI=1S/C21H27N5O2/c1-15-14-16(2)26(24-15)11-5-10-22-20(27)17-8-12-25(13-9-17)21-23-18-6-3-4-7-19(18)28-21/h3-4,6-7,14,17H,5,8-13H2,1-2H3,(H,22,27). The van der Waals surface area contributed by atoms with Crippen LogP contribution in [-0.4, -0.2) is 40.3 Å². The van der Waals surface area contributed by atoms with Gasteiger partial charge in [-0.1, -0.05) is 12.1 Å². The molecule has 0 bridgehead atoms. The van der Waals surface area contributed by atoms with Gasteiger partial charge in [-0.05, 0) is 51.3 Å². The molecule has 1 N–H and O–H groups in total. The molecular weight excluding hydrogens is 354 g/mol. The monoisotopic (exact) mass is 381 g/mol. The normalized spacial score (nSPS) is 15.3. The van der Waals surface area contributed by atoms with Crippen LogP contribution in [0.3, 0.4) is 0 Å². The van der Waals surface area contributed by atoms with Crippen LogP contribution in [0.25, 0.3) is 11.1 Å². The maximum absolute atomic E-state index is 12.5. The maximum atomic E-state index is 12.5. The van der Waals surface area contributed by atoms with E-state index in [0.29, 0.717) is 12.6 Å². The van der Waals surface area contributed by atoms with Gasteiger partial charge in [0.1, 0.15) is 5.52 Å². The number of carbonyl (C=O) groups excluding carboxylic acids is 1. The first-order valence-corrected chi connectivity index (χ1v) is 9.99. The van der Waals surface area contributed by atoms with Crippen LogP contribution in [-0.2, 0) is 11.3 Å². The highest BCUT2D eigenvalue weighted by atomic mass is 16.4. The molecule has 7 heteroatoms. The van der Waals surface area contributed by atoms with Crippen LogP contribution in [0.2, 0.25) is 0 Å². The van der Waals surface area contributed by atoms with Crippen molar-refractivity contribution in [2.75, 3.05) is 24.5 Å². The van der Waals surface area contributed by atoms with Gasteiger partial charge in [0.2, 0.25) is 5.91 Å². The molecule has 3 heterocycles. The van der Waals surface area contributed by atoms with Crippen LogP contribution in [0.4, 0.5) is 6.01 Å². The number of hydrogen-bond donors (Lipinski definition) is 1. The summed E-state index contributed by atoms with van der Waals surface area (Å²) in [5.74, 6) is 0.222. The molecule has 7 nitrogen and oxygen atoms in total. The molecule has 0 spiro atoms. The Bertz CT molecular complexity index is 920. The molecule has 28 heavy (non-hydrogen) atoms. The molecule has 1 fully saturated rings. The van der Waals surface area contributed by atoms with Crippen LogP contribution in [0, 0.1) is 19.8 Å². The Labute approximate surface area is 164 Å². The lowest BCUT2D eigenvalue weighted by atomic mass is 9.96. The fourth-order valence-corrected chi connectivity index (χ4v) is 3.81. The molecule has 148 valence electrons. The summed E-state index contributed by atoms with van der Waals surface area (Å²) in [4.78, 5) is 19.2. The molecule has 1 aromatic carbocycles. The Hall–Kier alpha value is -2.83. The van der Waals surface area contributed by atoms with Crippen LogP contribution >= 0.6 is 0 Å². The van der Waals surface area contributed by atoms with Crippen LogP contribution in [0.15, 0.2) is 34.7 Å². The largest absolute Gasteiger partial charge is 0.423 e. The van der Waals surface area contributed by atoms with Gasteiger partial charge in [-0.25, -0.2) is 0 Å². The van der Waals surface area contributed by atoms with Gasteiger partial charge in [0.25, 0.3) is 6.01 Å². The van der Waals surface area contributed by atoms with E-state index < -0.39 is 0 Å². The number of nitrogens with zero attached hydrogens (tertiary/aromatic N) is 4. The number of carbonyl (C=O) groups is 1. The van der Waals surface area contributed by atoms with E-state index in [2.05, 4.69) is 33.3 Å². The summed E-state index contributed by atoms with van der Waals surface area (Å²) in [5, 5.41) is 7.54. The molecule has 0 saturated carbocycles. The third-order valence-electron chi connectivity index (χ3n) is 5.37. The Morgan fingerprint density at radius 1 is 1.25 bits per heavy atom. The Morgan fingerprint density at radius 2 is 2.04 bits per heavy atom. The summed E-state index contributed by atoms with van der Waals surface area (Å²) >= 11 is 0. The van der Waals surface area contributed by atoms with E-state index in [0.717, 1.165) is 61.4 Å². The lowest BCUT2D eigenvalue weighted by Crippen LogP contribution is -2.41. The molecule has 1 saturated heterocycles. The maximum Gasteiger partial charge on any atom is 0.298 e. The van der Waals surface area contributed by atoms with Crippen molar-refractivity contribution in [3.63, 3.8) is 0 Å². The van der Waals surface area contributed by atoms with E-state index >= 15 is 0 Å². The van der Waals surface area contributed by atoms with Gasteiger partial charge >= 0.3 is 0 Å². The van der Waals surface area contributed by atoms with Crippen molar-refractivity contribution in [2.24, 2.45) is 5.92 Å². The quantitative estimate of drug-likeness (QED) is 0.664. The molecule has 0 unspecified atom stereocenters. The van der Waals surface area contributed by atoms with Crippen LogP contribution < -0.4 is 10.2 Å². The number of benzene rings is 1. The van der Waals surface area contributed by atoms with Gasteiger partial charge < -0.3 is 14.6 Å². The molecule has 0 aliphatic carbocycles. The summed E-state index contributed by atoms with van der Waals surface area (Å²) in [6.07, 6.45) is 2.53. The van der Waals surface area contributed by atoms with E-state index in [1.807, 2.05) is 35.9 Å². The first-order valence-electron chi connectivity index (χ1n) is 9.99. The third-order valence-corrected chi connectivity index (χ3v) is 5.37. The number of hydrogen-bond acceptors (Lipinski definition) is 5. The highest BCUT2D eigenvalue weighted by Gasteiger charge is 2.27. The number of anilines is 1. The molecule has 4 rings (SSSR count). The molecule has 0 radical (unpaired) electrons. The van der Waals surface area contributed by atoms with E-state index in [1.54, 1.807) is 0 Å². The molecule has 1 aliphatic rings. The molecule has 3 aromatic rings. The van der Waals surface area contributed by atoms with Crippen LogP contribution in [0.5, 0.6) is 0 Å². The zero-order valence-electron chi connectivity index (χ0n) is 16.5. The SMILES string of the molecule is Cc1cc(C)n(CCCNC(=O)C2CCN(c3nc4ccccc4o3)CC2)n1. The van der Waals surface area contributed by atoms with E-state index in [9.17, 15) is 4.79 Å². The van der Waals surface area contributed by atoms with E-state index in [-0.39, 0.29) is 11.8 Å². The Morgan fingerprint density at radius 3 is 2.75 bits per heavy atom. The molecule has 0 atom stereocenters. The molecular formula is C21H27N5O2. The fraction of sp³-hybridized carbons (Fsp3) is 0.476. The third kappa shape index (κ3) is 4.03. The van der Waals surface area contributed by atoms with Gasteiger partial charge in [0.05, 0.1) is 5.69 Å². The van der Waals surface area contributed by atoms with Crippen LogP contribution in [0.1, 0.15) is 30.7 Å².